The van der Waals surface area contributed by atoms with Crippen LogP contribution < -0.4 is 4.72 Å². The van der Waals surface area contributed by atoms with Crippen LogP contribution in [0.5, 0.6) is 0 Å². The molecule has 148 valence electrons. The summed E-state index contributed by atoms with van der Waals surface area (Å²) in [6, 6.07) is 22.5. The van der Waals surface area contributed by atoms with Crippen molar-refractivity contribution in [3.63, 3.8) is 0 Å². The largest absolute Gasteiger partial charge is 0.331 e. The van der Waals surface area contributed by atoms with Gasteiger partial charge in [-0.15, -0.1) is 0 Å². The highest BCUT2D eigenvalue weighted by Gasteiger charge is 2.16. The van der Waals surface area contributed by atoms with Gasteiger partial charge in [0, 0.05) is 13.5 Å². The molecule has 3 aromatic carbocycles. The molecule has 0 bridgehead atoms. The molecule has 0 aliphatic heterocycles. The minimum atomic E-state index is -3.64. The Hall–Kier alpha value is -3.12. The normalized spacial score (nSPS) is 11.7. The van der Waals surface area contributed by atoms with Gasteiger partial charge in [-0.3, -0.25) is 4.72 Å². The number of sulfonamides is 1. The number of hydrogen-bond donors (Lipinski definition) is 1. The van der Waals surface area contributed by atoms with E-state index < -0.39 is 10.0 Å². The monoisotopic (exact) mass is 405 g/mol. The molecular formula is C23H23N3O2S. The van der Waals surface area contributed by atoms with E-state index in [4.69, 9.17) is 4.98 Å². The predicted octanol–water partition coefficient (Wildman–Crippen LogP) is 4.47. The number of aryl methyl sites for hydroxylation is 4. The Morgan fingerprint density at radius 1 is 0.931 bits per heavy atom. The van der Waals surface area contributed by atoms with E-state index >= 15 is 0 Å². The van der Waals surface area contributed by atoms with Crippen molar-refractivity contribution in [2.24, 2.45) is 7.05 Å². The van der Waals surface area contributed by atoms with E-state index in [0.717, 1.165) is 28.0 Å². The number of aromatic nitrogens is 2. The van der Waals surface area contributed by atoms with Crippen LogP contribution in [0.25, 0.3) is 11.0 Å². The van der Waals surface area contributed by atoms with Gasteiger partial charge >= 0.3 is 0 Å². The van der Waals surface area contributed by atoms with Gasteiger partial charge < -0.3 is 4.57 Å². The van der Waals surface area contributed by atoms with Crippen LogP contribution >= 0.6 is 0 Å². The van der Waals surface area contributed by atoms with Crippen molar-refractivity contribution in [2.75, 3.05) is 4.72 Å². The first-order chi connectivity index (χ1) is 13.9. The topological polar surface area (TPSA) is 64.0 Å². The van der Waals surface area contributed by atoms with Crippen molar-refractivity contribution in [3.05, 3.63) is 89.7 Å². The van der Waals surface area contributed by atoms with Gasteiger partial charge in [0.15, 0.2) is 0 Å². The zero-order valence-electron chi connectivity index (χ0n) is 16.5. The SMILES string of the molecule is Cc1cccc(S(=O)(=O)Nc2ccccc2CCc2nc3ccccc3n2C)c1. The van der Waals surface area contributed by atoms with Gasteiger partial charge in [-0.1, -0.05) is 42.5 Å². The van der Waals surface area contributed by atoms with Gasteiger partial charge in [-0.05, 0) is 54.8 Å². The first-order valence-corrected chi connectivity index (χ1v) is 11.0. The lowest BCUT2D eigenvalue weighted by molar-refractivity contribution is 0.601. The quantitative estimate of drug-likeness (QED) is 0.515. The Morgan fingerprint density at radius 3 is 2.48 bits per heavy atom. The van der Waals surface area contributed by atoms with Crippen molar-refractivity contribution >= 4 is 26.7 Å². The van der Waals surface area contributed by atoms with Crippen LogP contribution in [0.3, 0.4) is 0 Å². The van der Waals surface area contributed by atoms with Gasteiger partial charge in [0.05, 0.1) is 21.6 Å². The maximum absolute atomic E-state index is 12.8. The maximum Gasteiger partial charge on any atom is 0.261 e. The zero-order valence-corrected chi connectivity index (χ0v) is 17.3. The summed E-state index contributed by atoms with van der Waals surface area (Å²) in [6.07, 6.45) is 1.40. The van der Waals surface area contributed by atoms with Crippen LogP contribution in [0.15, 0.2) is 77.7 Å². The number of nitrogens with zero attached hydrogens (tertiary/aromatic N) is 2. The molecule has 0 atom stereocenters. The fraction of sp³-hybridized carbons (Fsp3) is 0.174. The van der Waals surface area contributed by atoms with Crippen LogP contribution in [0.2, 0.25) is 0 Å². The van der Waals surface area contributed by atoms with Crippen LogP contribution in [-0.2, 0) is 29.9 Å². The summed E-state index contributed by atoms with van der Waals surface area (Å²) in [4.78, 5) is 4.98. The van der Waals surface area contributed by atoms with Crippen LogP contribution in [0.1, 0.15) is 17.0 Å². The van der Waals surface area contributed by atoms with Gasteiger partial charge in [0.1, 0.15) is 5.82 Å². The second-order valence-corrected chi connectivity index (χ2v) is 8.84. The molecule has 0 saturated carbocycles. The molecule has 0 saturated heterocycles. The van der Waals surface area contributed by atoms with Crippen LogP contribution in [0, 0.1) is 6.92 Å². The second-order valence-electron chi connectivity index (χ2n) is 7.15. The maximum atomic E-state index is 12.8. The molecule has 0 fully saturated rings. The summed E-state index contributed by atoms with van der Waals surface area (Å²) in [7, 11) is -1.63. The van der Waals surface area contributed by atoms with E-state index in [2.05, 4.69) is 15.4 Å². The molecule has 6 heteroatoms. The van der Waals surface area contributed by atoms with Gasteiger partial charge in [0.2, 0.25) is 0 Å². The first-order valence-electron chi connectivity index (χ1n) is 9.52. The van der Waals surface area contributed by atoms with Crippen LogP contribution in [-0.4, -0.2) is 18.0 Å². The molecule has 1 aromatic heterocycles. The summed E-state index contributed by atoms with van der Waals surface area (Å²) in [5.41, 5.74) is 4.51. The summed E-state index contributed by atoms with van der Waals surface area (Å²) in [5.74, 6) is 0.975. The van der Waals surface area contributed by atoms with Crippen molar-refractivity contribution in [2.45, 2.75) is 24.7 Å². The fourth-order valence-electron chi connectivity index (χ4n) is 3.49. The van der Waals surface area contributed by atoms with E-state index in [9.17, 15) is 8.42 Å². The summed E-state index contributed by atoms with van der Waals surface area (Å²) in [5, 5.41) is 0. The minimum absolute atomic E-state index is 0.266. The van der Waals surface area contributed by atoms with Crippen molar-refractivity contribution in [1.82, 2.24) is 9.55 Å². The number of rotatable bonds is 6. The number of para-hydroxylation sites is 3. The molecule has 0 aliphatic carbocycles. The molecule has 29 heavy (non-hydrogen) atoms. The number of imidazole rings is 1. The van der Waals surface area contributed by atoms with Gasteiger partial charge in [0.25, 0.3) is 10.0 Å². The van der Waals surface area contributed by atoms with E-state index in [1.807, 2.05) is 56.4 Å². The smallest absolute Gasteiger partial charge is 0.261 e. The molecule has 1 heterocycles. The van der Waals surface area contributed by atoms with Crippen molar-refractivity contribution in [3.8, 4) is 0 Å². The van der Waals surface area contributed by atoms with Gasteiger partial charge in [-0.2, -0.15) is 0 Å². The number of fused-ring (bicyclic) bond motifs is 1. The second kappa shape index (κ2) is 7.72. The molecule has 4 rings (SSSR count). The predicted molar refractivity (Wildman–Crippen MR) is 117 cm³/mol. The Bertz CT molecular complexity index is 1280. The van der Waals surface area contributed by atoms with Gasteiger partial charge in [-0.25, -0.2) is 13.4 Å². The van der Waals surface area contributed by atoms with Crippen molar-refractivity contribution < 1.29 is 8.42 Å². The van der Waals surface area contributed by atoms with Crippen molar-refractivity contribution in [1.29, 1.82) is 0 Å². The number of benzene rings is 3. The highest BCUT2D eigenvalue weighted by Crippen LogP contribution is 2.23. The van der Waals surface area contributed by atoms with E-state index in [1.165, 1.54) is 0 Å². The Morgan fingerprint density at radius 2 is 1.69 bits per heavy atom. The Balaban J connectivity index is 1.57. The van der Waals surface area contributed by atoms with E-state index in [0.29, 0.717) is 18.5 Å². The van der Waals surface area contributed by atoms with E-state index in [-0.39, 0.29) is 4.90 Å². The average Bonchev–Trinajstić information content (AvgIpc) is 3.03. The lowest BCUT2D eigenvalue weighted by atomic mass is 10.1. The highest BCUT2D eigenvalue weighted by atomic mass is 32.2. The number of anilines is 1. The third-order valence-corrected chi connectivity index (χ3v) is 6.42. The Kier molecular flexibility index (Phi) is 5.11. The van der Waals surface area contributed by atoms with E-state index in [1.54, 1.807) is 24.3 Å². The highest BCUT2D eigenvalue weighted by molar-refractivity contribution is 7.92. The molecule has 0 aliphatic rings. The number of hydrogen-bond acceptors (Lipinski definition) is 3. The summed E-state index contributed by atoms with van der Waals surface area (Å²) >= 11 is 0. The molecular weight excluding hydrogens is 382 g/mol. The first kappa shape index (κ1) is 19.2. The minimum Gasteiger partial charge on any atom is -0.331 e. The molecule has 0 unspecified atom stereocenters. The third kappa shape index (κ3) is 4.03. The third-order valence-electron chi connectivity index (χ3n) is 5.06. The molecule has 0 radical (unpaired) electrons. The molecule has 0 spiro atoms. The molecule has 1 N–H and O–H groups in total. The standard InChI is InChI=1S/C23H23N3O2S/c1-17-8-7-10-19(16-17)29(27,28)25-20-11-4-3-9-18(20)14-15-23-24-21-12-5-6-13-22(21)26(23)2/h3-13,16,25H,14-15H2,1-2H3. The average molecular weight is 406 g/mol. The molecule has 5 nitrogen and oxygen atoms in total. The Labute approximate surface area is 171 Å². The zero-order chi connectivity index (χ0) is 20.4. The lowest BCUT2D eigenvalue weighted by Crippen LogP contribution is -2.14. The fourth-order valence-corrected chi connectivity index (χ4v) is 4.69. The van der Waals surface area contributed by atoms with Crippen LogP contribution in [0.4, 0.5) is 5.69 Å². The number of nitrogens with one attached hydrogen (secondary N) is 1. The summed E-state index contributed by atoms with van der Waals surface area (Å²) < 4.78 is 30.5. The molecule has 0 amide bonds. The summed E-state index contributed by atoms with van der Waals surface area (Å²) in [6.45, 7) is 1.88. The molecule has 4 aromatic rings. The lowest BCUT2D eigenvalue weighted by Gasteiger charge is -2.13.